The average molecular weight is 263 g/mol. The number of aromatic nitrogens is 2. The van der Waals surface area contributed by atoms with Crippen molar-refractivity contribution in [2.24, 2.45) is 0 Å². The molecule has 2 aromatic rings. The molecule has 2 aromatic heterocycles. The van der Waals surface area contributed by atoms with Crippen LogP contribution >= 0.6 is 11.3 Å². The van der Waals surface area contributed by atoms with E-state index in [-0.39, 0.29) is 11.2 Å². The molecule has 0 atom stereocenters. The maximum Gasteiger partial charge on any atom is 0.145 e. The SMILES string of the molecule is Fc1cccnc1C1(CNc2cncs2)CCC1. The molecule has 1 saturated carbocycles. The molecule has 94 valence electrons. The second-order valence-corrected chi connectivity index (χ2v) is 5.57. The molecule has 1 N–H and O–H groups in total. The molecule has 2 heterocycles. The van der Waals surface area contributed by atoms with Gasteiger partial charge in [0.25, 0.3) is 0 Å². The summed E-state index contributed by atoms with van der Waals surface area (Å²) in [5.41, 5.74) is 2.25. The zero-order valence-corrected chi connectivity index (χ0v) is 10.7. The number of rotatable bonds is 4. The van der Waals surface area contributed by atoms with Crippen LogP contribution in [-0.2, 0) is 5.41 Å². The van der Waals surface area contributed by atoms with E-state index in [2.05, 4.69) is 15.3 Å². The average Bonchev–Trinajstić information content (AvgIpc) is 2.83. The van der Waals surface area contributed by atoms with Crippen LogP contribution in [0.5, 0.6) is 0 Å². The van der Waals surface area contributed by atoms with Crippen LogP contribution in [0.1, 0.15) is 25.0 Å². The van der Waals surface area contributed by atoms with Crippen molar-refractivity contribution in [2.75, 3.05) is 11.9 Å². The van der Waals surface area contributed by atoms with E-state index < -0.39 is 0 Å². The number of halogens is 1. The Kier molecular flexibility index (Phi) is 2.99. The van der Waals surface area contributed by atoms with Crippen molar-refractivity contribution in [1.82, 2.24) is 9.97 Å². The van der Waals surface area contributed by atoms with Crippen molar-refractivity contribution < 1.29 is 4.39 Å². The van der Waals surface area contributed by atoms with Crippen molar-refractivity contribution in [2.45, 2.75) is 24.7 Å². The molecule has 3 rings (SSSR count). The highest BCUT2D eigenvalue weighted by molar-refractivity contribution is 7.13. The van der Waals surface area contributed by atoms with E-state index >= 15 is 0 Å². The Balaban J connectivity index is 1.80. The van der Waals surface area contributed by atoms with Crippen molar-refractivity contribution in [3.8, 4) is 0 Å². The summed E-state index contributed by atoms with van der Waals surface area (Å²) in [6.45, 7) is 0.725. The van der Waals surface area contributed by atoms with E-state index in [4.69, 9.17) is 0 Å². The zero-order valence-electron chi connectivity index (χ0n) is 9.90. The van der Waals surface area contributed by atoms with Crippen LogP contribution in [-0.4, -0.2) is 16.5 Å². The van der Waals surface area contributed by atoms with E-state index in [1.807, 2.05) is 0 Å². The van der Waals surface area contributed by atoms with Crippen molar-refractivity contribution in [3.05, 3.63) is 41.5 Å². The van der Waals surface area contributed by atoms with E-state index in [1.54, 1.807) is 35.3 Å². The lowest BCUT2D eigenvalue weighted by Gasteiger charge is -2.41. The number of hydrogen-bond donors (Lipinski definition) is 1. The lowest BCUT2D eigenvalue weighted by molar-refractivity contribution is 0.244. The Morgan fingerprint density at radius 1 is 1.44 bits per heavy atom. The molecule has 0 amide bonds. The fraction of sp³-hybridized carbons (Fsp3) is 0.385. The maximum atomic E-state index is 13.9. The molecule has 1 fully saturated rings. The Hall–Kier alpha value is -1.49. The molecule has 0 aliphatic heterocycles. The Labute approximate surface area is 109 Å². The molecular formula is C13H14FN3S. The summed E-state index contributed by atoms with van der Waals surface area (Å²) < 4.78 is 13.9. The minimum atomic E-state index is -0.191. The molecule has 0 saturated heterocycles. The highest BCUT2D eigenvalue weighted by atomic mass is 32.1. The fourth-order valence-electron chi connectivity index (χ4n) is 2.44. The summed E-state index contributed by atoms with van der Waals surface area (Å²) in [7, 11) is 0. The largest absolute Gasteiger partial charge is 0.375 e. The molecule has 1 aliphatic carbocycles. The van der Waals surface area contributed by atoms with Gasteiger partial charge < -0.3 is 5.32 Å². The Bertz CT molecular complexity index is 523. The first kappa shape index (κ1) is 11.6. The van der Waals surface area contributed by atoms with E-state index in [0.717, 1.165) is 30.8 Å². The molecule has 3 nitrogen and oxygen atoms in total. The van der Waals surface area contributed by atoms with Crippen LogP contribution in [0.15, 0.2) is 30.0 Å². The quantitative estimate of drug-likeness (QED) is 0.920. The Morgan fingerprint density at radius 3 is 2.94 bits per heavy atom. The molecule has 5 heteroatoms. The van der Waals surface area contributed by atoms with Crippen LogP contribution in [0, 0.1) is 5.82 Å². The number of pyridine rings is 1. The van der Waals surface area contributed by atoms with Crippen molar-refractivity contribution in [3.63, 3.8) is 0 Å². The molecule has 0 spiro atoms. The minimum absolute atomic E-state index is 0.144. The van der Waals surface area contributed by atoms with Crippen LogP contribution in [0.25, 0.3) is 0 Å². The van der Waals surface area contributed by atoms with Gasteiger partial charge in [-0.15, -0.1) is 11.3 Å². The first-order valence-corrected chi connectivity index (χ1v) is 6.91. The zero-order chi connectivity index (χ0) is 12.4. The third-order valence-electron chi connectivity index (χ3n) is 3.60. The molecule has 0 aromatic carbocycles. The summed E-state index contributed by atoms with van der Waals surface area (Å²) in [4.78, 5) is 8.27. The lowest BCUT2D eigenvalue weighted by Crippen LogP contribution is -2.42. The number of thiazole rings is 1. The van der Waals surface area contributed by atoms with Gasteiger partial charge in [-0.2, -0.15) is 0 Å². The van der Waals surface area contributed by atoms with E-state index in [9.17, 15) is 4.39 Å². The van der Waals surface area contributed by atoms with Crippen molar-refractivity contribution >= 4 is 16.3 Å². The number of nitrogens with zero attached hydrogens (tertiary/aromatic N) is 2. The highest BCUT2D eigenvalue weighted by Gasteiger charge is 2.41. The first-order valence-electron chi connectivity index (χ1n) is 6.04. The van der Waals surface area contributed by atoms with Gasteiger partial charge in [0.15, 0.2) is 0 Å². The van der Waals surface area contributed by atoms with E-state index in [0.29, 0.717) is 5.69 Å². The van der Waals surface area contributed by atoms with Gasteiger partial charge in [-0.1, -0.05) is 6.42 Å². The van der Waals surface area contributed by atoms with Gasteiger partial charge in [0.05, 0.1) is 17.4 Å². The molecule has 18 heavy (non-hydrogen) atoms. The summed E-state index contributed by atoms with van der Waals surface area (Å²) >= 11 is 1.56. The van der Waals surface area contributed by atoms with Crippen molar-refractivity contribution in [1.29, 1.82) is 0 Å². The topological polar surface area (TPSA) is 37.8 Å². The smallest absolute Gasteiger partial charge is 0.145 e. The molecule has 0 radical (unpaired) electrons. The summed E-state index contributed by atoms with van der Waals surface area (Å²) in [5.74, 6) is -0.191. The standard InChI is InChI=1S/C13H14FN3S/c14-10-3-1-6-16-12(10)13(4-2-5-13)8-17-11-7-15-9-18-11/h1,3,6-7,9,17H,2,4-5,8H2. The van der Waals surface area contributed by atoms with Gasteiger partial charge in [-0.05, 0) is 25.0 Å². The third kappa shape index (κ3) is 1.99. The van der Waals surface area contributed by atoms with Crippen LogP contribution in [0.2, 0.25) is 0 Å². The monoisotopic (exact) mass is 263 g/mol. The van der Waals surface area contributed by atoms with Crippen LogP contribution in [0.3, 0.4) is 0 Å². The minimum Gasteiger partial charge on any atom is -0.375 e. The maximum absolute atomic E-state index is 13.9. The normalized spacial score (nSPS) is 17.2. The fourth-order valence-corrected chi connectivity index (χ4v) is 2.95. The van der Waals surface area contributed by atoms with Gasteiger partial charge in [0.1, 0.15) is 10.8 Å². The lowest BCUT2D eigenvalue weighted by atomic mass is 9.66. The number of hydrogen-bond acceptors (Lipinski definition) is 4. The first-order chi connectivity index (χ1) is 8.80. The van der Waals surface area contributed by atoms with Gasteiger partial charge in [-0.25, -0.2) is 4.39 Å². The molecule has 0 unspecified atom stereocenters. The molecular weight excluding hydrogens is 249 g/mol. The number of nitrogens with one attached hydrogen (secondary N) is 1. The predicted octanol–water partition coefficient (Wildman–Crippen LogP) is 3.21. The predicted molar refractivity (Wildman–Crippen MR) is 70.3 cm³/mol. The molecule has 0 bridgehead atoms. The van der Waals surface area contributed by atoms with Gasteiger partial charge in [0.2, 0.25) is 0 Å². The van der Waals surface area contributed by atoms with Crippen LogP contribution < -0.4 is 5.32 Å². The van der Waals surface area contributed by atoms with Gasteiger partial charge in [0, 0.05) is 18.2 Å². The molecule has 1 aliphatic rings. The van der Waals surface area contributed by atoms with Gasteiger partial charge >= 0.3 is 0 Å². The van der Waals surface area contributed by atoms with Crippen LogP contribution in [0.4, 0.5) is 9.39 Å². The second kappa shape index (κ2) is 4.65. The Morgan fingerprint density at radius 2 is 2.33 bits per heavy atom. The van der Waals surface area contributed by atoms with E-state index in [1.165, 1.54) is 6.07 Å². The second-order valence-electron chi connectivity index (χ2n) is 4.69. The highest BCUT2D eigenvalue weighted by Crippen LogP contribution is 2.43. The third-order valence-corrected chi connectivity index (χ3v) is 4.34. The summed E-state index contributed by atoms with van der Waals surface area (Å²) in [6, 6.07) is 3.14. The van der Waals surface area contributed by atoms with Gasteiger partial charge in [-0.3, -0.25) is 9.97 Å². The summed E-state index contributed by atoms with van der Waals surface area (Å²) in [5, 5.41) is 4.37. The number of anilines is 1. The summed E-state index contributed by atoms with van der Waals surface area (Å²) in [6.07, 6.45) is 6.59.